The smallest absolute Gasteiger partial charge is 0.326 e. The highest BCUT2D eigenvalue weighted by molar-refractivity contribution is 5.91. The first-order valence-corrected chi connectivity index (χ1v) is 8.86. The van der Waals surface area contributed by atoms with E-state index < -0.39 is 17.9 Å². The van der Waals surface area contributed by atoms with E-state index in [1.54, 1.807) is 6.08 Å². The Balaban J connectivity index is 1.90. The number of nitrogens with one attached hydrogen (secondary N) is 1. The molecule has 2 unspecified atom stereocenters. The van der Waals surface area contributed by atoms with Gasteiger partial charge in [-0.05, 0) is 44.4 Å². The van der Waals surface area contributed by atoms with Gasteiger partial charge in [0.05, 0.1) is 5.92 Å². The maximum Gasteiger partial charge on any atom is 0.326 e. The van der Waals surface area contributed by atoms with Crippen LogP contribution < -0.4 is 5.32 Å². The number of hydrogen-bond acceptors (Lipinski definition) is 3. The molecule has 0 aromatic rings. The van der Waals surface area contributed by atoms with Crippen molar-refractivity contribution in [3.63, 3.8) is 0 Å². The molecule has 0 radical (unpaired) electrons. The van der Waals surface area contributed by atoms with Crippen molar-refractivity contribution in [2.75, 3.05) is 6.54 Å². The SMILES string of the molecule is C=CCCC(NC(=O)C1CC(=O)N(C2CCC(C)CC2)C1)C(=O)O. The Labute approximate surface area is 143 Å². The number of amides is 2. The van der Waals surface area contributed by atoms with Gasteiger partial charge in [0.2, 0.25) is 11.8 Å². The van der Waals surface area contributed by atoms with Gasteiger partial charge in [-0.2, -0.15) is 0 Å². The predicted molar refractivity (Wildman–Crippen MR) is 90.2 cm³/mol. The molecule has 2 aliphatic rings. The summed E-state index contributed by atoms with van der Waals surface area (Å²) in [5.41, 5.74) is 0. The molecule has 1 saturated carbocycles. The number of allylic oxidation sites excluding steroid dienone is 1. The minimum Gasteiger partial charge on any atom is -0.480 e. The summed E-state index contributed by atoms with van der Waals surface area (Å²) in [6.07, 6.45) is 6.89. The molecule has 0 bridgehead atoms. The van der Waals surface area contributed by atoms with Gasteiger partial charge in [-0.3, -0.25) is 9.59 Å². The van der Waals surface area contributed by atoms with Crippen molar-refractivity contribution in [1.82, 2.24) is 10.2 Å². The summed E-state index contributed by atoms with van der Waals surface area (Å²) >= 11 is 0. The molecular formula is C18H28N2O4. The molecule has 0 aromatic carbocycles. The fourth-order valence-corrected chi connectivity index (χ4v) is 3.65. The molecule has 2 rings (SSSR count). The number of nitrogens with zero attached hydrogens (tertiary/aromatic N) is 1. The highest BCUT2D eigenvalue weighted by atomic mass is 16.4. The van der Waals surface area contributed by atoms with E-state index in [1.807, 2.05) is 4.90 Å². The van der Waals surface area contributed by atoms with Crippen LogP contribution in [-0.2, 0) is 14.4 Å². The van der Waals surface area contributed by atoms with E-state index in [-0.39, 0.29) is 24.3 Å². The van der Waals surface area contributed by atoms with Crippen LogP contribution in [0, 0.1) is 11.8 Å². The van der Waals surface area contributed by atoms with Gasteiger partial charge in [-0.1, -0.05) is 13.0 Å². The van der Waals surface area contributed by atoms with Crippen LogP contribution in [0.3, 0.4) is 0 Å². The molecule has 1 aliphatic carbocycles. The summed E-state index contributed by atoms with van der Waals surface area (Å²) in [5, 5.41) is 11.8. The molecule has 0 spiro atoms. The molecule has 2 fully saturated rings. The van der Waals surface area contributed by atoms with Crippen molar-refractivity contribution in [2.24, 2.45) is 11.8 Å². The van der Waals surface area contributed by atoms with Gasteiger partial charge >= 0.3 is 5.97 Å². The van der Waals surface area contributed by atoms with Crippen molar-refractivity contribution in [2.45, 2.75) is 64.0 Å². The quantitative estimate of drug-likeness (QED) is 0.696. The lowest BCUT2D eigenvalue weighted by atomic mass is 9.87. The van der Waals surface area contributed by atoms with E-state index >= 15 is 0 Å². The normalized spacial score (nSPS) is 28.5. The average molecular weight is 336 g/mol. The van der Waals surface area contributed by atoms with Gasteiger partial charge in [-0.25, -0.2) is 4.79 Å². The Bertz CT molecular complexity index is 497. The molecule has 1 aliphatic heterocycles. The Morgan fingerprint density at radius 2 is 2.04 bits per heavy atom. The van der Waals surface area contributed by atoms with Crippen LogP contribution in [0.5, 0.6) is 0 Å². The maximum atomic E-state index is 12.4. The molecule has 2 amide bonds. The molecule has 134 valence electrons. The number of likely N-dealkylation sites (tertiary alicyclic amines) is 1. The Kier molecular flexibility index (Phi) is 6.40. The van der Waals surface area contributed by atoms with E-state index in [4.69, 9.17) is 0 Å². The number of aliphatic carboxylic acids is 1. The standard InChI is InChI=1S/C18H28N2O4/c1-3-4-5-15(18(23)24)19-17(22)13-10-16(21)20(11-13)14-8-6-12(2)7-9-14/h3,12-15H,1,4-11H2,2H3,(H,19,22)(H,23,24). The summed E-state index contributed by atoms with van der Waals surface area (Å²) in [4.78, 5) is 37.7. The molecule has 0 aromatic heterocycles. The second-order valence-corrected chi connectivity index (χ2v) is 7.13. The number of hydrogen-bond donors (Lipinski definition) is 2. The van der Waals surface area contributed by atoms with Gasteiger partial charge in [0.25, 0.3) is 0 Å². The Morgan fingerprint density at radius 3 is 2.62 bits per heavy atom. The number of rotatable bonds is 7. The summed E-state index contributed by atoms with van der Waals surface area (Å²) < 4.78 is 0. The molecular weight excluding hydrogens is 308 g/mol. The Morgan fingerprint density at radius 1 is 1.38 bits per heavy atom. The molecule has 2 atom stereocenters. The second kappa shape index (κ2) is 8.31. The highest BCUT2D eigenvalue weighted by Crippen LogP contribution is 2.31. The van der Waals surface area contributed by atoms with Gasteiger partial charge in [-0.15, -0.1) is 6.58 Å². The van der Waals surface area contributed by atoms with Gasteiger partial charge < -0.3 is 15.3 Å². The first-order valence-electron chi connectivity index (χ1n) is 8.86. The number of carboxylic acid groups (broad SMARTS) is 1. The third-order valence-corrected chi connectivity index (χ3v) is 5.23. The average Bonchev–Trinajstić information content (AvgIpc) is 2.93. The lowest BCUT2D eigenvalue weighted by Gasteiger charge is -2.33. The summed E-state index contributed by atoms with van der Waals surface area (Å²) in [7, 11) is 0. The van der Waals surface area contributed by atoms with Crippen molar-refractivity contribution >= 4 is 17.8 Å². The van der Waals surface area contributed by atoms with E-state index in [1.165, 1.54) is 0 Å². The van der Waals surface area contributed by atoms with E-state index in [2.05, 4.69) is 18.8 Å². The van der Waals surface area contributed by atoms with Crippen molar-refractivity contribution in [3.8, 4) is 0 Å². The molecule has 24 heavy (non-hydrogen) atoms. The van der Waals surface area contributed by atoms with Crippen LogP contribution in [0.4, 0.5) is 0 Å². The summed E-state index contributed by atoms with van der Waals surface area (Å²) in [6.45, 7) is 6.21. The molecule has 2 N–H and O–H groups in total. The topological polar surface area (TPSA) is 86.7 Å². The highest BCUT2D eigenvalue weighted by Gasteiger charge is 2.39. The summed E-state index contributed by atoms with van der Waals surface area (Å²) in [5.74, 6) is -1.09. The van der Waals surface area contributed by atoms with Gasteiger partial charge in [0, 0.05) is 19.0 Å². The first-order chi connectivity index (χ1) is 11.4. The van der Waals surface area contributed by atoms with Crippen LogP contribution in [-0.4, -0.2) is 46.4 Å². The summed E-state index contributed by atoms with van der Waals surface area (Å²) in [6, 6.07) is -0.683. The predicted octanol–water partition coefficient (Wildman–Crippen LogP) is 1.95. The first kappa shape index (κ1) is 18.5. The minimum absolute atomic E-state index is 0.0210. The molecule has 6 heteroatoms. The van der Waals surface area contributed by atoms with E-state index in [0.29, 0.717) is 25.3 Å². The van der Waals surface area contributed by atoms with Crippen LogP contribution in [0.25, 0.3) is 0 Å². The zero-order valence-corrected chi connectivity index (χ0v) is 14.4. The minimum atomic E-state index is -1.05. The zero-order valence-electron chi connectivity index (χ0n) is 14.4. The number of carbonyl (C=O) groups is 3. The van der Waals surface area contributed by atoms with Crippen LogP contribution in [0.15, 0.2) is 12.7 Å². The third kappa shape index (κ3) is 4.58. The number of carboxylic acids is 1. The van der Waals surface area contributed by atoms with Crippen molar-refractivity contribution in [1.29, 1.82) is 0 Å². The third-order valence-electron chi connectivity index (χ3n) is 5.23. The zero-order chi connectivity index (χ0) is 17.7. The van der Waals surface area contributed by atoms with Gasteiger partial charge in [0.1, 0.15) is 6.04 Å². The molecule has 1 saturated heterocycles. The lowest BCUT2D eigenvalue weighted by Crippen LogP contribution is -2.45. The van der Waals surface area contributed by atoms with E-state index in [0.717, 1.165) is 25.7 Å². The fraction of sp³-hybridized carbons (Fsp3) is 0.722. The second-order valence-electron chi connectivity index (χ2n) is 7.13. The fourth-order valence-electron chi connectivity index (χ4n) is 3.65. The lowest BCUT2D eigenvalue weighted by molar-refractivity contribution is -0.142. The monoisotopic (exact) mass is 336 g/mol. The molecule has 1 heterocycles. The number of carbonyl (C=O) groups excluding carboxylic acids is 2. The largest absolute Gasteiger partial charge is 0.480 e. The Hall–Kier alpha value is -1.85. The van der Waals surface area contributed by atoms with E-state index in [9.17, 15) is 19.5 Å². The van der Waals surface area contributed by atoms with Gasteiger partial charge in [0.15, 0.2) is 0 Å². The van der Waals surface area contributed by atoms with Crippen LogP contribution >= 0.6 is 0 Å². The maximum absolute atomic E-state index is 12.4. The van der Waals surface area contributed by atoms with Crippen LogP contribution in [0.1, 0.15) is 51.9 Å². The molecule has 6 nitrogen and oxygen atoms in total. The van der Waals surface area contributed by atoms with Crippen LogP contribution in [0.2, 0.25) is 0 Å². The van der Waals surface area contributed by atoms with Crippen molar-refractivity contribution in [3.05, 3.63) is 12.7 Å². The van der Waals surface area contributed by atoms with Crippen molar-refractivity contribution < 1.29 is 19.5 Å².